The predicted octanol–water partition coefficient (Wildman–Crippen LogP) is 10.7. The van der Waals surface area contributed by atoms with Crippen molar-refractivity contribution in [3.8, 4) is 16.8 Å². The van der Waals surface area contributed by atoms with E-state index in [-0.39, 0.29) is 0 Å². The van der Waals surface area contributed by atoms with E-state index in [0.29, 0.717) is 0 Å². The minimum Gasteiger partial charge on any atom is -0.456 e. The van der Waals surface area contributed by atoms with Gasteiger partial charge in [0, 0.05) is 47.4 Å². The van der Waals surface area contributed by atoms with E-state index >= 15 is 0 Å². The van der Waals surface area contributed by atoms with Crippen LogP contribution in [0.25, 0.3) is 80.7 Å². The van der Waals surface area contributed by atoms with Crippen molar-refractivity contribution in [1.82, 2.24) is 4.57 Å². The lowest BCUT2D eigenvalue weighted by atomic mass is 10.0. The zero-order chi connectivity index (χ0) is 25.5. The van der Waals surface area contributed by atoms with E-state index in [2.05, 4.69) is 120 Å². The third-order valence-corrected chi connectivity index (χ3v) is 9.12. The normalized spacial score (nSPS) is 12.1. The fourth-order valence-corrected chi connectivity index (χ4v) is 7.28. The Kier molecular flexibility index (Phi) is 4.24. The third kappa shape index (κ3) is 3.02. The van der Waals surface area contributed by atoms with Crippen LogP contribution in [0.3, 0.4) is 0 Å². The number of rotatable bonds is 2. The van der Waals surface area contributed by atoms with Gasteiger partial charge < -0.3 is 8.98 Å². The molecule has 0 fully saturated rings. The Bertz CT molecular complexity index is 2390. The summed E-state index contributed by atoms with van der Waals surface area (Å²) in [6, 6.07) is 45.9. The molecule has 6 aromatic carbocycles. The second kappa shape index (κ2) is 7.83. The van der Waals surface area contributed by atoms with Crippen molar-refractivity contribution in [3.63, 3.8) is 0 Å². The summed E-state index contributed by atoms with van der Waals surface area (Å²) in [7, 11) is 0. The minimum atomic E-state index is 0.930. The first-order chi connectivity index (χ1) is 19.3. The summed E-state index contributed by atoms with van der Waals surface area (Å²) < 4.78 is 11.1. The Morgan fingerprint density at radius 2 is 1.13 bits per heavy atom. The molecule has 0 radical (unpaired) electrons. The first-order valence-electron chi connectivity index (χ1n) is 13.2. The number of nitrogens with zero attached hydrogens (tertiary/aromatic N) is 1. The molecule has 0 spiro atoms. The SMILES string of the molecule is c1ccc(-n2c3ccccc3c3cc4c(cc32)sc2ccc(-c3ccc5oc6ccccc6c5c3)cc24)cc1. The van der Waals surface area contributed by atoms with E-state index in [0.717, 1.165) is 21.9 Å². The molecule has 0 amide bonds. The number of para-hydroxylation sites is 3. The monoisotopic (exact) mass is 515 g/mol. The molecule has 0 aliphatic rings. The van der Waals surface area contributed by atoms with Crippen molar-refractivity contribution in [2.75, 3.05) is 0 Å². The Labute approximate surface area is 227 Å². The maximum atomic E-state index is 6.07. The molecule has 3 aromatic heterocycles. The molecule has 0 saturated heterocycles. The van der Waals surface area contributed by atoms with Crippen molar-refractivity contribution in [2.45, 2.75) is 0 Å². The van der Waals surface area contributed by atoms with E-state index in [4.69, 9.17) is 4.42 Å². The topological polar surface area (TPSA) is 18.1 Å². The fraction of sp³-hybridized carbons (Fsp3) is 0. The molecule has 0 aliphatic carbocycles. The van der Waals surface area contributed by atoms with Crippen molar-refractivity contribution >= 4 is 75.3 Å². The molecule has 3 heterocycles. The number of fused-ring (bicyclic) bond motifs is 9. The van der Waals surface area contributed by atoms with Gasteiger partial charge in [0.1, 0.15) is 11.2 Å². The lowest BCUT2D eigenvalue weighted by Gasteiger charge is -2.07. The van der Waals surface area contributed by atoms with Gasteiger partial charge in [0.15, 0.2) is 0 Å². The maximum absolute atomic E-state index is 6.07. The lowest BCUT2D eigenvalue weighted by molar-refractivity contribution is 0.669. The summed E-state index contributed by atoms with van der Waals surface area (Å²) in [6.07, 6.45) is 0. The number of thiophene rings is 1. The van der Waals surface area contributed by atoms with E-state index in [1.54, 1.807) is 0 Å². The van der Waals surface area contributed by atoms with Crippen LogP contribution >= 0.6 is 11.3 Å². The van der Waals surface area contributed by atoms with Crippen molar-refractivity contribution in [3.05, 3.63) is 127 Å². The number of furan rings is 1. The molecule has 0 unspecified atom stereocenters. The van der Waals surface area contributed by atoms with Gasteiger partial charge in [0.2, 0.25) is 0 Å². The van der Waals surface area contributed by atoms with Crippen LogP contribution in [0.1, 0.15) is 0 Å². The van der Waals surface area contributed by atoms with Gasteiger partial charge in [-0.05, 0) is 71.8 Å². The highest BCUT2D eigenvalue weighted by molar-refractivity contribution is 7.25. The van der Waals surface area contributed by atoms with Gasteiger partial charge >= 0.3 is 0 Å². The molecular weight excluding hydrogens is 494 g/mol. The van der Waals surface area contributed by atoms with Crippen LogP contribution in [-0.4, -0.2) is 4.57 Å². The average Bonchev–Trinajstić information content (AvgIpc) is 3.64. The van der Waals surface area contributed by atoms with Crippen LogP contribution < -0.4 is 0 Å². The van der Waals surface area contributed by atoms with Gasteiger partial charge in [-0.25, -0.2) is 0 Å². The molecule has 182 valence electrons. The summed E-state index contributed by atoms with van der Waals surface area (Å²) >= 11 is 1.87. The minimum absolute atomic E-state index is 0.930. The zero-order valence-corrected chi connectivity index (χ0v) is 21.7. The molecular formula is C36H21NOS. The van der Waals surface area contributed by atoms with Gasteiger partial charge in [0.05, 0.1) is 11.0 Å². The molecule has 0 N–H and O–H groups in total. The highest BCUT2D eigenvalue weighted by Crippen LogP contribution is 2.42. The largest absolute Gasteiger partial charge is 0.456 e. The van der Waals surface area contributed by atoms with E-state index in [1.165, 1.54) is 58.8 Å². The summed E-state index contributed by atoms with van der Waals surface area (Å²) in [4.78, 5) is 0. The molecule has 0 aliphatic heterocycles. The molecule has 0 bridgehead atoms. The summed E-state index contributed by atoms with van der Waals surface area (Å²) in [5, 5.41) is 7.52. The van der Waals surface area contributed by atoms with E-state index in [1.807, 2.05) is 23.5 Å². The number of benzene rings is 6. The maximum Gasteiger partial charge on any atom is 0.135 e. The van der Waals surface area contributed by atoms with E-state index in [9.17, 15) is 0 Å². The molecule has 9 rings (SSSR count). The molecule has 0 saturated carbocycles. The smallest absolute Gasteiger partial charge is 0.135 e. The molecule has 3 heteroatoms. The van der Waals surface area contributed by atoms with Crippen LogP contribution in [0.2, 0.25) is 0 Å². The Morgan fingerprint density at radius 1 is 0.436 bits per heavy atom. The van der Waals surface area contributed by atoms with Crippen LogP contribution in [0.4, 0.5) is 0 Å². The predicted molar refractivity (Wildman–Crippen MR) is 166 cm³/mol. The number of hydrogen-bond donors (Lipinski definition) is 0. The van der Waals surface area contributed by atoms with Gasteiger partial charge in [0.25, 0.3) is 0 Å². The summed E-state index contributed by atoms with van der Waals surface area (Å²) in [5.74, 6) is 0. The second-order valence-corrected chi connectivity index (χ2v) is 11.3. The highest BCUT2D eigenvalue weighted by Gasteiger charge is 2.16. The summed E-state index contributed by atoms with van der Waals surface area (Å²) in [6.45, 7) is 0. The number of aromatic nitrogens is 1. The average molecular weight is 516 g/mol. The van der Waals surface area contributed by atoms with Gasteiger partial charge in [-0.1, -0.05) is 66.7 Å². The van der Waals surface area contributed by atoms with Crippen molar-refractivity contribution in [2.24, 2.45) is 0 Å². The van der Waals surface area contributed by atoms with Crippen LogP contribution in [0.15, 0.2) is 132 Å². The van der Waals surface area contributed by atoms with E-state index < -0.39 is 0 Å². The fourth-order valence-electron chi connectivity index (χ4n) is 6.18. The second-order valence-electron chi connectivity index (χ2n) is 10.2. The van der Waals surface area contributed by atoms with Crippen LogP contribution in [-0.2, 0) is 0 Å². The lowest BCUT2D eigenvalue weighted by Crippen LogP contribution is -1.92. The standard InChI is InChI=1S/C36H21NOS/c1-2-8-24(9-3-1)37-31-12-6-4-10-25(31)27-20-30-29-19-23(15-17-35(29)39-36(30)21-32(27)37)22-14-16-34-28(18-22)26-11-5-7-13-33(26)38-34/h1-21H. The molecule has 9 aromatic rings. The first kappa shape index (κ1) is 21.1. The zero-order valence-electron chi connectivity index (χ0n) is 20.9. The number of hydrogen-bond acceptors (Lipinski definition) is 2. The molecule has 2 nitrogen and oxygen atoms in total. The van der Waals surface area contributed by atoms with Gasteiger partial charge in [-0.3, -0.25) is 0 Å². The quantitative estimate of drug-likeness (QED) is 0.224. The van der Waals surface area contributed by atoms with Gasteiger partial charge in [-0.2, -0.15) is 0 Å². The highest BCUT2D eigenvalue weighted by atomic mass is 32.1. The van der Waals surface area contributed by atoms with Crippen molar-refractivity contribution < 1.29 is 4.42 Å². The first-order valence-corrected chi connectivity index (χ1v) is 14.0. The Morgan fingerprint density at radius 3 is 2.03 bits per heavy atom. The van der Waals surface area contributed by atoms with Crippen LogP contribution in [0.5, 0.6) is 0 Å². The molecule has 0 atom stereocenters. The Hall–Kier alpha value is -4.86. The third-order valence-electron chi connectivity index (χ3n) is 7.99. The summed E-state index contributed by atoms with van der Waals surface area (Å²) in [5.41, 5.74) is 7.97. The Balaban J connectivity index is 1.29. The van der Waals surface area contributed by atoms with Crippen molar-refractivity contribution in [1.29, 1.82) is 0 Å². The van der Waals surface area contributed by atoms with Crippen LogP contribution in [0, 0.1) is 0 Å². The molecule has 39 heavy (non-hydrogen) atoms. The van der Waals surface area contributed by atoms with Gasteiger partial charge in [-0.15, -0.1) is 11.3 Å².